The van der Waals surface area contributed by atoms with Crippen molar-refractivity contribution in [3.05, 3.63) is 65.2 Å². The van der Waals surface area contributed by atoms with Crippen LogP contribution in [-0.2, 0) is 16.4 Å². The van der Waals surface area contributed by atoms with Gasteiger partial charge in [0.2, 0.25) is 9.84 Å². The second kappa shape index (κ2) is 11.4. The van der Waals surface area contributed by atoms with Crippen LogP contribution in [0.1, 0.15) is 0 Å². The summed E-state index contributed by atoms with van der Waals surface area (Å²) in [7, 11) is -3.93. The fraction of sp³-hybridized carbons (Fsp3) is 0.286. The summed E-state index contributed by atoms with van der Waals surface area (Å²) in [6.45, 7) is 0.196. The van der Waals surface area contributed by atoms with Crippen molar-refractivity contribution in [1.29, 1.82) is 0 Å². The lowest BCUT2D eigenvalue weighted by Gasteiger charge is -2.14. The fourth-order valence-corrected chi connectivity index (χ4v) is 4.92. The van der Waals surface area contributed by atoms with Crippen LogP contribution in [0.3, 0.4) is 0 Å². The summed E-state index contributed by atoms with van der Waals surface area (Å²) >= 11 is 17.9. The van der Waals surface area contributed by atoms with Gasteiger partial charge in [-0.2, -0.15) is 0 Å². The lowest BCUT2D eigenvalue weighted by molar-refractivity contribution is 0.0924. The predicted octanol–water partition coefficient (Wildman–Crippen LogP) is 3.44. The van der Waals surface area contributed by atoms with Crippen LogP contribution < -0.4 is 9.47 Å². The molecule has 1 aromatic heterocycles. The van der Waals surface area contributed by atoms with Gasteiger partial charge in [-0.1, -0.05) is 23.2 Å². The third-order valence-corrected chi connectivity index (χ3v) is 7.10. The number of imidazole rings is 1. The third kappa shape index (κ3) is 6.75. The van der Waals surface area contributed by atoms with E-state index in [2.05, 4.69) is 4.98 Å². The first kappa shape index (κ1) is 25.6. The molecule has 0 saturated carbocycles. The number of hydrogen-bond acceptors (Lipinski definition) is 7. The van der Waals surface area contributed by atoms with Crippen molar-refractivity contribution >= 4 is 44.6 Å². The van der Waals surface area contributed by atoms with Gasteiger partial charge < -0.3 is 24.3 Å². The molecule has 0 aliphatic rings. The maximum absolute atomic E-state index is 13.0. The molecule has 0 fully saturated rings. The van der Waals surface area contributed by atoms with Crippen molar-refractivity contribution < 1.29 is 28.1 Å². The van der Waals surface area contributed by atoms with E-state index in [0.29, 0.717) is 12.3 Å². The van der Waals surface area contributed by atoms with E-state index in [1.165, 1.54) is 36.4 Å². The van der Waals surface area contributed by atoms with E-state index in [1.54, 1.807) is 23.3 Å². The maximum atomic E-state index is 13.0. The quantitative estimate of drug-likeness (QED) is 0.362. The van der Waals surface area contributed by atoms with Crippen LogP contribution in [-0.4, -0.2) is 59.5 Å². The molecule has 2 atom stereocenters. The zero-order valence-corrected chi connectivity index (χ0v) is 20.2. The topological polar surface area (TPSA) is 111 Å². The molecule has 0 aliphatic carbocycles. The fourth-order valence-electron chi connectivity index (χ4n) is 2.79. The zero-order chi connectivity index (χ0) is 24.0. The average Bonchev–Trinajstić information content (AvgIpc) is 3.30. The molecular formula is C21H21Cl3N2O6S. The van der Waals surface area contributed by atoms with E-state index in [1.807, 2.05) is 0 Å². The molecule has 0 amide bonds. The highest BCUT2D eigenvalue weighted by Crippen LogP contribution is 2.37. The molecule has 2 N–H and O–H groups in total. The first-order valence-corrected chi connectivity index (χ1v) is 12.5. The minimum atomic E-state index is -3.93. The smallest absolute Gasteiger partial charge is 0.206 e. The molecule has 3 rings (SSSR count). The van der Waals surface area contributed by atoms with Crippen LogP contribution in [0.2, 0.25) is 10.0 Å². The highest BCUT2D eigenvalue weighted by molar-refractivity contribution is 7.91. The lowest BCUT2D eigenvalue weighted by atomic mass is 10.3. The van der Waals surface area contributed by atoms with Gasteiger partial charge in [0.25, 0.3) is 0 Å². The monoisotopic (exact) mass is 534 g/mol. The van der Waals surface area contributed by atoms with E-state index in [9.17, 15) is 18.6 Å². The summed E-state index contributed by atoms with van der Waals surface area (Å²) in [6, 6.07) is 8.20. The number of ether oxygens (including phenoxy) is 2. The predicted molar refractivity (Wildman–Crippen MR) is 124 cm³/mol. The van der Waals surface area contributed by atoms with E-state index in [0.717, 1.165) is 0 Å². The number of halogens is 3. The van der Waals surface area contributed by atoms with Gasteiger partial charge in [0, 0.05) is 12.4 Å². The van der Waals surface area contributed by atoms with E-state index in [-0.39, 0.29) is 44.7 Å². The first-order valence-electron chi connectivity index (χ1n) is 9.68. The van der Waals surface area contributed by atoms with Gasteiger partial charge in [-0.25, -0.2) is 13.4 Å². The van der Waals surface area contributed by atoms with Gasteiger partial charge in [-0.3, -0.25) is 0 Å². The summed E-state index contributed by atoms with van der Waals surface area (Å²) in [4.78, 5) is 3.79. The zero-order valence-electron chi connectivity index (χ0n) is 17.1. The molecule has 8 nitrogen and oxygen atoms in total. The Bertz CT molecular complexity index is 1130. The third-order valence-electron chi connectivity index (χ3n) is 4.44. The van der Waals surface area contributed by atoms with Gasteiger partial charge in [0.05, 0.1) is 38.6 Å². The Labute approximate surface area is 206 Å². The van der Waals surface area contributed by atoms with Gasteiger partial charge >= 0.3 is 0 Å². The average molecular weight is 536 g/mol. The summed E-state index contributed by atoms with van der Waals surface area (Å²) in [5.41, 5.74) is 0. The Kier molecular flexibility index (Phi) is 8.86. The van der Waals surface area contributed by atoms with E-state index in [4.69, 9.17) is 44.3 Å². The molecule has 178 valence electrons. The number of benzene rings is 2. The summed E-state index contributed by atoms with van der Waals surface area (Å²) in [5, 5.41) is 19.5. The summed E-state index contributed by atoms with van der Waals surface area (Å²) in [5.74, 6) is 0.418. The Morgan fingerprint density at radius 2 is 1.61 bits per heavy atom. The molecule has 3 aromatic rings. The number of sulfone groups is 1. The van der Waals surface area contributed by atoms with Gasteiger partial charge in [0.15, 0.2) is 5.75 Å². The lowest BCUT2D eigenvalue weighted by Crippen LogP contribution is -2.23. The van der Waals surface area contributed by atoms with E-state index < -0.39 is 22.0 Å². The van der Waals surface area contributed by atoms with Crippen molar-refractivity contribution in [2.45, 2.75) is 28.5 Å². The van der Waals surface area contributed by atoms with Crippen LogP contribution in [0.15, 0.2) is 64.9 Å². The van der Waals surface area contributed by atoms with Crippen molar-refractivity contribution in [1.82, 2.24) is 9.55 Å². The number of rotatable bonds is 11. The number of alkyl halides is 1. The molecule has 12 heteroatoms. The molecule has 1 heterocycles. The minimum Gasteiger partial charge on any atom is -0.491 e. The van der Waals surface area contributed by atoms with Crippen LogP contribution in [0, 0.1) is 0 Å². The van der Waals surface area contributed by atoms with E-state index >= 15 is 0 Å². The number of nitrogens with zero attached hydrogens (tertiary/aromatic N) is 2. The minimum absolute atomic E-state index is 0.00665. The van der Waals surface area contributed by atoms with Gasteiger partial charge in [-0.05, 0) is 36.4 Å². The van der Waals surface area contributed by atoms with Crippen molar-refractivity contribution in [2.75, 3.05) is 19.1 Å². The number of aromatic nitrogens is 2. The molecular weight excluding hydrogens is 515 g/mol. The Hall–Kier alpha value is -2.01. The normalized spacial score (nSPS) is 13.5. The molecule has 0 bridgehead atoms. The Balaban J connectivity index is 1.68. The molecule has 2 aromatic carbocycles. The second-order valence-electron chi connectivity index (χ2n) is 7.03. The number of aliphatic hydroxyl groups excluding tert-OH is 2. The van der Waals surface area contributed by atoms with Crippen molar-refractivity contribution in [3.8, 4) is 11.5 Å². The first-order chi connectivity index (χ1) is 15.7. The van der Waals surface area contributed by atoms with Crippen LogP contribution >= 0.6 is 34.8 Å². The van der Waals surface area contributed by atoms with Crippen LogP contribution in [0.25, 0.3) is 0 Å². The molecule has 33 heavy (non-hydrogen) atoms. The van der Waals surface area contributed by atoms with Gasteiger partial charge in [0.1, 0.15) is 31.2 Å². The van der Waals surface area contributed by atoms with Gasteiger partial charge in [-0.15, -0.1) is 11.6 Å². The summed E-state index contributed by atoms with van der Waals surface area (Å²) < 4.78 is 38.6. The molecule has 0 aliphatic heterocycles. The SMILES string of the molecule is O=S(=O)(c1ccc(OC[C@H](O)Cn2ccnc2)cc1)c1cc(Cl)c(OC[C@@H](O)CCl)c(Cl)c1. The van der Waals surface area contributed by atoms with Crippen LogP contribution in [0.4, 0.5) is 0 Å². The second-order valence-corrected chi connectivity index (χ2v) is 10.1. The highest BCUT2D eigenvalue weighted by atomic mass is 35.5. The van der Waals surface area contributed by atoms with Crippen molar-refractivity contribution in [3.63, 3.8) is 0 Å². The molecule has 0 radical (unpaired) electrons. The number of aliphatic hydroxyl groups is 2. The Morgan fingerprint density at radius 3 is 2.18 bits per heavy atom. The Morgan fingerprint density at radius 1 is 0.970 bits per heavy atom. The molecule has 0 spiro atoms. The van der Waals surface area contributed by atoms with Crippen molar-refractivity contribution in [2.24, 2.45) is 0 Å². The maximum Gasteiger partial charge on any atom is 0.206 e. The number of hydrogen-bond donors (Lipinski definition) is 2. The largest absolute Gasteiger partial charge is 0.491 e. The molecule has 0 saturated heterocycles. The standard InChI is InChI=1S/C21H21Cl3N2O6S/c22-9-14(27)11-32-21-19(23)7-18(8-20(21)24)33(29,30)17-3-1-16(2-4-17)31-12-15(28)10-26-6-5-25-13-26/h1-8,13-15,27-28H,9-12H2/t14-,15+/m0/s1. The summed E-state index contributed by atoms with van der Waals surface area (Å²) in [6.07, 6.45) is 3.24. The molecule has 0 unspecified atom stereocenters. The highest BCUT2D eigenvalue weighted by Gasteiger charge is 2.22. The van der Waals surface area contributed by atoms with Crippen LogP contribution in [0.5, 0.6) is 11.5 Å².